The van der Waals surface area contributed by atoms with Crippen LogP contribution in [0.15, 0.2) is 59.1 Å². The summed E-state index contributed by atoms with van der Waals surface area (Å²) in [5, 5.41) is 10.8. The largest absolute Gasteiger partial charge is 0.506 e. The highest BCUT2D eigenvalue weighted by atomic mass is 35.5. The number of hydrogen-bond acceptors (Lipinski definition) is 3. The summed E-state index contributed by atoms with van der Waals surface area (Å²) in [6.45, 7) is 1.70. The average Bonchev–Trinajstić information content (AvgIpc) is 2.71. The second kappa shape index (κ2) is 5.19. The standard InChI is InChI=1S/C17H12ClNO2/c1-10(19-12-6-4-5-11(18)9-12)15-16(20)13-7-2-3-8-14(13)17(15)21/h2-9,20H,1H3. The summed E-state index contributed by atoms with van der Waals surface area (Å²) >= 11 is 5.92. The number of carbonyl (C=O) groups excluding carboxylic acids is 1. The Morgan fingerprint density at radius 2 is 1.81 bits per heavy atom. The first-order valence-electron chi connectivity index (χ1n) is 6.46. The minimum Gasteiger partial charge on any atom is -0.506 e. The molecule has 0 heterocycles. The molecule has 0 saturated carbocycles. The van der Waals surface area contributed by atoms with Gasteiger partial charge in [0.15, 0.2) is 5.78 Å². The van der Waals surface area contributed by atoms with Crippen LogP contribution in [0.3, 0.4) is 0 Å². The van der Waals surface area contributed by atoms with Gasteiger partial charge in [0.25, 0.3) is 0 Å². The van der Waals surface area contributed by atoms with Crippen LogP contribution >= 0.6 is 11.6 Å². The molecule has 3 nitrogen and oxygen atoms in total. The molecule has 0 saturated heterocycles. The predicted molar refractivity (Wildman–Crippen MR) is 84.5 cm³/mol. The lowest BCUT2D eigenvalue weighted by molar-refractivity contribution is 0.104. The molecule has 0 atom stereocenters. The number of nitrogens with zero attached hydrogens (tertiary/aromatic N) is 1. The Morgan fingerprint density at radius 3 is 2.48 bits per heavy atom. The monoisotopic (exact) mass is 297 g/mol. The van der Waals surface area contributed by atoms with Gasteiger partial charge in [0, 0.05) is 16.1 Å². The highest BCUT2D eigenvalue weighted by Crippen LogP contribution is 2.32. The van der Waals surface area contributed by atoms with Crippen LogP contribution in [-0.2, 0) is 0 Å². The number of aliphatic hydroxyl groups is 1. The molecule has 0 unspecified atom stereocenters. The summed E-state index contributed by atoms with van der Waals surface area (Å²) in [5.41, 5.74) is 2.42. The maximum Gasteiger partial charge on any atom is 0.199 e. The van der Waals surface area contributed by atoms with Crippen molar-refractivity contribution in [2.45, 2.75) is 6.92 Å². The fraction of sp³-hybridized carbons (Fsp3) is 0.0588. The number of rotatable bonds is 2. The van der Waals surface area contributed by atoms with Crippen LogP contribution in [0.5, 0.6) is 0 Å². The van der Waals surface area contributed by atoms with E-state index in [1.165, 1.54) is 0 Å². The number of aliphatic imine (C=N–C) groups is 1. The van der Waals surface area contributed by atoms with E-state index in [1.54, 1.807) is 55.5 Å². The molecular formula is C17H12ClNO2. The van der Waals surface area contributed by atoms with Gasteiger partial charge in [-0.2, -0.15) is 0 Å². The van der Waals surface area contributed by atoms with E-state index in [9.17, 15) is 9.90 Å². The molecule has 104 valence electrons. The van der Waals surface area contributed by atoms with E-state index in [2.05, 4.69) is 4.99 Å². The highest BCUT2D eigenvalue weighted by molar-refractivity contribution is 6.35. The van der Waals surface area contributed by atoms with E-state index >= 15 is 0 Å². The Hall–Kier alpha value is -2.39. The lowest BCUT2D eigenvalue weighted by Gasteiger charge is -2.02. The van der Waals surface area contributed by atoms with Gasteiger partial charge >= 0.3 is 0 Å². The minimum atomic E-state index is -0.202. The predicted octanol–water partition coefficient (Wildman–Crippen LogP) is 4.60. The number of aliphatic hydroxyl groups excluding tert-OH is 1. The summed E-state index contributed by atoms with van der Waals surface area (Å²) < 4.78 is 0. The Kier molecular flexibility index (Phi) is 3.35. The Balaban J connectivity index is 2.05. The lowest BCUT2D eigenvalue weighted by Crippen LogP contribution is -2.07. The van der Waals surface area contributed by atoms with Crippen molar-refractivity contribution in [1.82, 2.24) is 0 Å². The molecule has 3 rings (SSSR count). The van der Waals surface area contributed by atoms with Gasteiger partial charge in [0.2, 0.25) is 0 Å². The maximum absolute atomic E-state index is 12.4. The number of allylic oxidation sites excluding steroid dienone is 1. The van der Waals surface area contributed by atoms with E-state index in [1.807, 2.05) is 0 Å². The van der Waals surface area contributed by atoms with Crippen molar-refractivity contribution >= 4 is 34.5 Å². The van der Waals surface area contributed by atoms with Crippen LogP contribution in [0.1, 0.15) is 22.8 Å². The van der Waals surface area contributed by atoms with Crippen LogP contribution in [0.4, 0.5) is 5.69 Å². The van der Waals surface area contributed by atoms with Crippen molar-refractivity contribution in [3.63, 3.8) is 0 Å². The molecule has 1 aliphatic carbocycles. The highest BCUT2D eigenvalue weighted by Gasteiger charge is 2.30. The second-order valence-electron chi connectivity index (χ2n) is 4.78. The van der Waals surface area contributed by atoms with Crippen molar-refractivity contribution < 1.29 is 9.90 Å². The molecule has 0 aromatic heterocycles. The van der Waals surface area contributed by atoms with Crippen LogP contribution in [0.25, 0.3) is 5.76 Å². The maximum atomic E-state index is 12.4. The normalized spacial score (nSPS) is 14.6. The van der Waals surface area contributed by atoms with Crippen molar-refractivity contribution in [3.8, 4) is 0 Å². The van der Waals surface area contributed by atoms with Crippen molar-refractivity contribution in [3.05, 3.63) is 70.3 Å². The van der Waals surface area contributed by atoms with E-state index in [-0.39, 0.29) is 17.1 Å². The van der Waals surface area contributed by atoms with Crippen LogP contribution in [0, 0.1) is 0 Å². The topological polar surface area (TPSA) is 49.7 Å². The zero-order valence-electron chi connectivity index (χ0n) is 11.3. The first-order valence-corrected chi connectivity index (χ1v) is 6.84. The summed E-state index contributed by atoms with van der Waals surface area (Å²) in [7, 11) is 0. The molecule has 0 amide bonds. The van der Waals surface area contributed by atoms with Gasteiger partial charge in [-0.25, -0.2) is 0 Å². The minimum absolute atomic E-state index is 0.0149. The first-order chi connectivity index (χ1) is 10.1. The van der Waals surface area contributed by atoms with Gasteiger partial charge in [-0.3, -0.25) is 9.79 Å². The molecule has 1 aliphatic rings. The van der Waals surface area contributed by atoms with Gasteiger partial charge in [-0.05, 0) is 25.1 Å². The fourth-order valence-corrected chi connectivity index (χ4v) is 2.58. The molecule has 21 heavy (non-hydrogen) atoms. The SMILES string of the molecule is CC(=Nc1cccc(Cl)c1)C1=C(O)c2ccccc2C1=O. The number of ketones is 1. The van der Waals surface area contributed by atoms with Gasteiger partial charge in [0.05, 0.1) is 17.0 Å². The molecular weight excluding hydrogens is 286 g/mol. The molecule has 2 aromatic rings. The molecule has 0 fully saturated rings. The summed E-state index contributed by atoms with van der Waals surface area (Å²) in [6.07, 6.45) is 0. The third-order valence-electron chi connectivity index (χ3n) is 3.36. The van der Waals surface area contributed by atoms with Crippen LogP contribution < -0.4 is 0 Å². The number of fused-ring (bicyclic) bond motifs is 1. The van der Waals surface area contributed by atoms with Gasteiger partial charge in [-0.1, -0.05) is 41.9 Å². The summed E-state index contributed by atoms with van der Waals surface area (Å²) in [5.74, 6) is -0.217. The summed E-state index contributed by atoms with van der Waals surface area (Å²) in [6, 6.07) is 14.0. The zero-order chi connectivity index (χ0) is 15.0. The van der Waals surface area contributed by atoms with Crippen molar-refractivity contribution in [2.24, 2.45) is 4.99 Å². The Bertz CT molecular complexity index is 806. The quantitative estimate of drug-likeness (QED) is 0.824. The first kappa shape index (κ1) is 13.6. The molecule has 0 radical (unpaired) electrons. The molecule has 0 aliphatic heterocycles. The zero-order valence-corrected chi connectivity index (χ0v) is 12.1. The number of halogens is 1. The van der Waals surface area contributed by atoms with Gasteiger partial charge in [0.1, 0.15) is 5.76 Å². The fourth-order valence-electron chi connectivity index (χ4n) is 2.40. The van der Waals surface area contributed by atoms with Crippen LogP contribution in [-0.4, -0.2) is 16.6 Å². The molecule has 0 bridgehead atoms. The van der Waals surface area contributed by atoms with Crippen molar-refractivity contribution in [2.75, 3.05) is 0 Å². The average molecular weight is 298 g/mol. The van der Waals surface area contributed by atoms with Crippen molar-refractivity contribution in [1.29, 1.82) is 0 Å². The van der Waals surface area contributed by atoms with E-state index in [0.717, 1.165) is 0 Å². The smallest absolute Gasteiger partial charge is 0.199 e. The van der Waals surface area contributed by atoms with E-state index < -0.39 is 0 Å². The van der Waals surface area contributed by atoms with E-state index in [4.69, 9.17) is 11.6 Å². The summed E-state index contributed by atoms with van der Waals surface area (Å²) in [4.78, 5) is 16.8. The van der Waals surface area contributed by atoms with Crippen LogP contribution in [0.2, 0.25) is 5.02 Å². The molecule has 1 N–H and O–H groups in total. The van der Waals surface area contributed by atoms with Gasteiger partial charge in [-0.15, -0.1) is 0 Å². The molecule has 0 spiro atoms. The van der Waals surface area contributed by atoms with Gasteiger partial charge < -0.3 is 5.11 Å². The Morgan fingerprint density at radius 1 is 1.10 bits per heavy atom. The number of carbonyl (C=O) groups is 1. The number of Topliss-reactive ketones (excluding diaryl/α,β-unsaturated/α-hetero) is 1. The molecule has 2 aromatic carbocycles. The lowest BCUT2D eigenvalue weighted by atomic mass is 10.1. The Labute approximate surface area is 127 Å². The van der Waals surface area contributed by atoms with E-state index in [0.29, 0.717) is 27.5 Å². The third kappa shape index (κ3) is 2.36. The third-order valence-corrected chi connectivity index (χ3v) is 3.59. The number of hydrogen-bond donors (Lipinski definition) is 1. The molecule has 4 heteroatoms. The number of benzene rings is 2. The second-order valence-corrected chi connectivity index (χ2v) is 5.21.